The van der Waals surface area contributed by atoms with E-state index in [1.807, 2.05) is 54.6 Å². The SMILES string of the molecule is O=C(CO)Cc1cccc(OCc2ccccc2)c1. The maximum Gasteiger partial charge on any atom is 0.162 e. The molecule has 98 valence electrons. The molecule has 0 amide bonds. The Balaban J connectivity index is 1.97. The topological polar surface area (TPSA) is 46.5 Å². The van der Waals surface area contributed by atoms with E-state index in [0.29, 0.717) is 6.61 Å². The number of ketones is 1. The van der Waals surface area contributed by atoms with E-state index in [1.54, 1.807) is 0 Å². The molecular weight excluding hydrogens is 240 g/mol. The molecule has 0 radical (unpaired) electrons. The Morgan fingerprint density at radius 1 is 1.00 bits per heavy atom. The summed E-state index contributed by atoms with van der Waals surface area (Å²) in [5, 5.41) is 8.74. The number of benzene rings is 2. The molecule has 0 aliphatic rings. The molecule has 0 spiro atoms. The van der Waals surface area contributed by atoms with Gasteiger partial charge in [-0.15, -0.1) is 0 Å². The van der Waals surface area contributed by atoms with Gasteiger partial charge in [-0.2, -0.15) is 0 Å². The smallest absolute Gasteiger partial charge is 0.162 e. The summed E-state index contributed by atoms with van der Waals surface area (Å²) in [6.07, 6.45) is 0.235. The van der Waals surface area contributed by atoms with Crippen LogP contribution in [0.1, 0.15) is 11.1 Å². The van der Waals surface area contributed by atoms with Gasteiger partial charge < -0.3 is 9.84 Å². The van der Waals surface area contributed by atoms with E-state index in [0.717, 1.165) is 16.9 Å². The summed E-state index contributed by atoms with van der Waals surface area (Å²) in [4.78, 5) is 11.2. The van der Waals surface area contributed by atoms with Gasteiger partial charge in [-0.1, -0.05) is 42.5 Å². The van der Waals surface area contributed by atoms with Gasteiger partial charge in [0.1, 0.15) is 19.0 Å². The van der Waals surface area contributed by atoms with Gasteiger partial charge in [-0.3, -0.25) is 4.79 Å². The highest BCUT2D eigenvalue weighted by Gasteiger charge is 2.03. The fourth-order valence-corrected chi connectivity index (χ4v) is 1.77. The van der Waals surface area contributed by atoms with Crippen molar-refractivity contribution in [2.75, 3.05) is 6.61 Å². The van der Waals surface area contributed by atoms with E-state index in [-0.39, 0.29) is 12.2 Å². The van der Waals surface area contributed by atoms with Crippen LogP contribution in [-0.4, -0.2) is 17.5 Å². The summed E-state index contributed by atoms with van der Waals surface area (Å²) in [6, 6.07) is 17.3. The van der Waals surface area contributed by atoms with E-state index < -0.39 is 6.61 Å². The summed E-state index contributed by atoms with van der Waals surface area (Å²) >= 11 is 0. The maximum atomic E-state index is 11.2. The highest BCUT2D eigenvalue weighted by molar-refractivity contribution is 5.81. The van der Waals surface area contributed by atoms with Crippen LogP contribution < -0.4 is 4.74 Å². The van der Waals surface area contributed by atoms with E-state index in [4.69, 9.17) is 9.84 Å². The molecule has 0 unspecified atom stereocenters. The van der Waals surface area contributed by atoms with Crippen LogP contribution in [0.15, 0.2) is 54.6 Å². The van der Waals surface area contributed by atoms with Crippen molar-refractivity contribution in [3.63, 3.8) is 0 Å². The highest BCUT2D eigenvalue weighted by Crippen LogP contribution is 2.15. The first-order chi connectivity index (χ1) is 9.28. The van der Waals surface area contributed by atoms with Crippen LogP contribution in [0.2, 0.25) is 0 Å². The van der Waals surface area contributed by atoms with Crippen molar-refractivity contribution in [3.05, 3.63) is 65.7 Å². The Bertz CT molecular complexity index is 535. The molecule has 0 saturated heterocycles. The molecule has 0 heterocycles. The average molecular weight is 256 g/mol. The molecule has 0 aliphatic heterocycles. The van der Waals surface area contributed by atoms with Crippen LogP contribution in [0.3, 0.4) is 0 Å². The van der Waals surface area contributed by atoms with E-state index in [9.17, 15) is 4.79 Å². The number of carbonyl (C=O) groups is 1. The lowest BCUT2D eigenvalue weighted by molar-refractivity contribution is -0.121. The lowest BCUT2D eigenvalue weighted by Crippen LogP contribution is -2.07. The lowest BCUT2D eigenvalue weighted by atomic mass is 10.1. The van der Waals surface area contributed by atoms with E-state index in [1.165, 1.54) is 0 Å². The third-order valence-corrected chi connectivity index (χ3v) is 2.72. The van der Waals surface area contributed by atoms with Gasteiger partial charge in [0.05, 0.1) is 0 Å². The molecule has 3 heteroatoms. The molecule has 0 aliphatic carbocycles. The number of hydrogen-bond acceptors (Lipinski definition) is 3. The zero-order chi connectivity index (χ0) is 13.5. The first kappa shape index (κ1) is 13.3. The van der Waals surface area contributed by atoms with Crippen LogP contribution in [0.4, 0.5) is 0 Å². The zero-order valence-corrected chi connectivity index (χ0v) is 10.6. The molecule has 2 rings (SSSR count). The molecule has 19 heavy (non-hydrogen) atoms. The lowest BCUT2D eigenvalue weighted by Gasteiger charge is -2.07. The Morgan fingerprint density at radius 2 is 1.74 bits per heavy atom. The number of hydrogen-bond donors (Lipinski definition) is 1. The van der Waals surface area contributed by atoms with Gasteiger partial charge in [0.15, 0.2) is 5.78 Å². The molecule has 0 aromatic heterocycles. The minimum Gasteiger partial charge on any atom is -0.489 e. The molecule has 3 nitrogen and oxygen atoms in total. The number of rotatable bonds is 6. The summed E-state index contributed by atoms with van der Waals surface area (Å²) in [6.45, 7) is 0.0767. The standard InChI is InChI=1S/C16H16O3/c17-11-15(18)9-14-7-4-8-16(10-14)19-12-13-5-2-1-3-6-13/h1-8,10,17H,9,11-12H2. The quantitative estimate of drug-likeness (QED) is 0.863. The van der Waals surface area contributed by atoms with Crippen molar-refractivity contribution in [1.29, 1.82) is 0 Å². The predicted octanol–water partition coefficient (Wildman–Crippen LogP) is 2.37. The third-order valence-electron chi connectivity index (χ3n) is 2.72. The Morgan fingerprint density at radius 3 is 2.47 bits per heavy atom. The Kier molecular flexibility index (Phi) is 4.70. The number of Topliss-reactive ketones (excluding diaryl/α,β-unsaturated/α-hetero) is 1. The van der Waals surface area contributed by atoms with Crippen molar-refractivity contribution in [2.45, 2.75) is 13.0 Å². The fourth-order valence-electron chi connectivity index (χ4n) is 1.77. The van der Waals surface area contributed by atoms with Crippen LogP contribution in [-0.2, 0) is 17.8 Å². The third kappa shape index (κ3) is 4.23. The van der Waals surface area contributed by atoms with Crippen molar-refractivity contribution in [3.8, 4) is 5.75 Å². The monoisotopic (exact) mass is 256 g/mol. The van der Waals surface area contributed by atoms with Crippen molar-refractivity contribution < 1.29 is 14.6 Å². The van der Waals surface area contributed by atoms with Crippen LogP contribution in [0.25, 0.3) is 0 Å². The first-order valence-electron chi connectivity index (χ1n) is 6.16. The molecule has 0 fully saturated rings. The molecule has 0 saturated carbocycles. The highest BCUT2D eigenvalue weighted by atomic mass is 16.5. The van der Waals surface area contributed by atoms with Crippen LogP contribution >= 0.6 is 0 Å². The number of ether oxygens (including phenoxy) is 1. The van der Waals surface area contributed by atoms with Gasteiger partial charge >= 0.3 is 0 Å². The molecule has 2 aromatic rings. The average Bonchev–Trinajstić information content (AvgIpc) is 2.46. The molecule has 2 aromatic carbocycles. The molecule has 1 N–H and O–H groups in total. The minimum absolute atomic E-state index is 0.194. The molecular formula is C16H16O3. The fraction of sp³-hybridized carbons (Fsp3) is 0.188. The molecule has 0 atom stereocenters. The largest absolute Gasteiger partial charge is 0.489 e. The van der Waals surface area contributed by atoms with Crippen LogP contribution in [0.5, 0.6) is 5.75 Å². The number of aliphatic hydroxyl groups excluding tert-OH is 1. The second-order valence-electron chi connectivity index (χ2n) is 4.30. The number of aliphatic hydroxyl groups is 1. The Labute approximate surface area is 112 Å². The zero-order valence-electron chi connectivity index (χ0n) is 10.6. The van der Waals surface area contributed by atoms with Crippen molar-refractivity contribution >= 4 is 5.78 Å². The van der Waals surface area contributed by atoms with Gasteiger partial charge in [0, 0.05) is 6.42 Å². The van der Waals surface area contributed by atoms with Gasteiger partial charge in [0.25, 0.3) is 0 Å². The molecule has 0 bridgehead atoms. The minimum atomic E-state index is -0.422. The van der Waals surface area contributed by atoms with Crippen LogP contribution in [0, 0.1) is 0 Å². The van der Waals surface area contributed by atoms with Gasteiger partial charge in [0.2, 0.25) is 0 Å². The van der Waals surface area contributed by atoms with Gasteiger partial charge in [-0.25, -0.2) is 0 Å². The number of carbonyl (C=O) groups excluding carboxylic acids is 1. The van der Waals surface area contributed by atoms with E-state index in [2.05, 4.69) is 0 Å². The predicted molar refractivity (Wildman–Crippen MR) is 73.0 cm³/mol. The normalized spacial score (nSPS) is 10.2. The summed E-state index contributed by atoms with van der Waals surface area (Å²) in [5.74, 6) is 0.535. The first-order valence-corrected chi connectivity index (χ1v) is 6.16. The maximum absolute atomic E-state index is 11.2. The summed E-state index contributed by atoms with van der Waals surface area (Å²) in [7, 11) is 0. The van der Waals surface area contributed by atoms with E-state index >= 15 is 0 Å². The summed E-state index contributed by atoms with van der Waals surface area (Å²) in [5.41, 5.74) is 1.95. The van der Waals surface area contributed by atoms with Crippen molar-refractivity contribution in [2.24, 2.45) is 0 Å². The Hall–Kier alpha value is -2.13. The van der Waals surface area contributed by atoms with Gasteiger partial charge in [-0.05, 0) is 23.3 Å². The summed E-state index contributed by atoms with van der Waals surface area (Å²) < 4.78 is 5.67. The second kappa shape index (κ2) is 6.71. The second-order valence-corrected chi connectivity index (χ2v) is 4.30. The van der Waals surface area contributed by atoms with Crippen molar-refractivity contribution in [1.82, 2.24) is 0 Å².